The molecule has 0 fully saturated rings. The van der Waals surface area contributed by atoms with Gasteiger partial charge in [-0.1, -0.05) is 36.4 Å². The smallest absolute Gasteiger partial charge is 0.135 e. The van der Waals surface area contributed by atoms with E-state index in [0.717, 1.165) is 38.6 Å². The number of fused-ring (bicyclic) bond motifs is 2. The third-order valence-corrected chi connectivity index (χ3v) is 4.16. The fraction of sp³-hybridized carbons (Fsp3) is 0.333. The first-order valence-corrected chi connectivity index (χ1v) is 8.91. The van der Waals surface area contributed by atoms with Crippen LogP contribution < -0.4 is 9.47 Å². The van der Waals surface area contributed by atoms with Gasteiger partial charge in [0.1, 0.15) is 11.5 Å². The van der Waals surface area contributed by atoms with Gasteiger partial charge in [0, 0.05) is 27.4 Å². The number of halogens is 1. The van der Waals surface area contributed by atoms with E-state index >= 15 is 0 Å². The van der Waals surface area contributed by atoms with Crippen molar-refractivity contribution in [2.75, 3.05) is 0 Å². The summed E-state index contributed by atoms with van der Waals surface area (Å²) in [6.07, 6.45) is 0.189. The minimum atomic E-state index is 0.0909. The third kappa shape index (κ3) is 3.16. The molecule has 0 aromatic heterocycles. The summed E-state index contributed by atoms with van der Waals surface area (Å²) >= 11 is 6.06. The summed E-state index contributed by atoms with van der Waals surface area (Å²) in [5.41, 5.74) is 1.07. The van der Waals surface area contributed by atoms with Crippen molar-refractivity contribution in [1.82, 2.24) is 0 Å². The highest BCUT2D eigenvalue weighted by molar-refractivity contribution is 6.17. The molecule has 2 nitrogen and oxygen atoms in total. The van der Waals surface area contributed by atoms with E-state index in [1.54, 1.807) is 0 Å². The molecule has 0 bridgehead atoms. The first-order valence-electron chi connectivity index (χ1n) is 8.38. The van der Waals surface area contributed by atoms with Gasteiger partial charge in [0.05, 0.1) is 12.2 Å². The van der Waals surface area contributed by atoms with E-state index in [4.69, 9.17) is 21.1 Å². The molecule has 0 N–H and O–H groups in total. The molecule has 3 heteroatoms. The van der Waals surface area contributed by atoms with Gasteiger partial charge in [-0.05, 0) is 39.3 Å². The van der Waals surface area contributed by atoms with E-state index in [9.17, 15) is 0 Å². The molecule has 24 heavy (non-hydrogen) atoms. The van der Waals surface area contributed by atoms with Gasteiger partial charge < -0.3 is 9.47 Å². The Hall–Kier alpha value is -1.93. The lowest BCUT2D eigenvalue weighted by Crippen LogP contribution is -2.09. The molecule has 0 amide bonds. The number of hydrogen-bond acceptors (Lipinski definition) is 2. The lowest BCUT2D eigenvalue weighted by molar-refractivity contribution is 0.244. The van der Waals surface area contributed by atoms with Gasteiger partial charge in [-0.15, -0.1) is 11.6 Å². The van der Waals surface area contributed by atoms with Gasteiger partial charge >= 0.3 is 0 Å². The average molecular weight is 343 g/mol. The van der Waals surface area contributed by atoms with Crippen molar-refractivity contribution in [3.63, 3.8) is 0 Å². The maximum absolute atomic E-state index is 6.20. The Morgan fingerprint density at radius 2 is 1.25 bits per heavy atom. The van der Waals surface area contributed by atoms with Crippen LogP contribution in [0.2, 0.25) is 0 Å². The summed E-state index contributed by atoms with van der Waals surface area (Å²) in [7, 11) is 0. The highest BCUT2D eigenvalue weighted by atomic mass is 35.5. The molecule has 3 aromatic carbocycles. The van der Waals surface area contributed by atoms with Crippen molar-refractivity contribution < 1.29 is 9.47 Å². The van der Waals surface area contributed by atoms with Crippen LogP contribution >= 0.6 is 11.6 Å². The summed E-state index contributed by atoms with van der Waals surface area (Å²) in [6.45, 7) is 8.19. The number of rotatable bonds is 5. The maximum Gasteiger partial charge on any atom is 0.135 e. The second-order valence-electron chi connectivity index (χ2n) is 6.55. The third-order valence-electron chi connectivity index (χ3n) is 3.85. The topological polar surface area (TPSA) is 18.5 Å². The molecule has 3 aromatic rings. The monoisotopic (exact) mass is 342 g/mol. The summed E-state index contributed by atoms with van der Waals surface area (Å²) in [6, 6.07) is 14.5. The van der Waals surface area contributed by atoms with Gasteiger partial charge in [-0.25, -0.2) is 0 Å². The maximum atomic E-state index is 6.20. The second kappa shape index (κ2) is 6.90. The van der Waals surface area contributed by atoms with Crippen LogP contribution in [0.25, 0.3) is 21.5 Å². The largest absolute Gasteiger partial charge is 0.490 e. The number of ether oxygens (including phenoxy) is 2. The van der Waals surface area contributed by atoms with Crippen LogP contribution in [0, 0.1) is 0 Å². The molecule has 0 aliphatic carbocycles. The van der Waals surface area contributed by atoms with Gasteiger partial charge in [0.2, 0.25) is 0 Å². The summed E-state index contributed by atoms with van der Waals surface area (Å²) < 4.78 is 12.4. The van der Waals surface area contributed by atoms with Crippen molar-refractivity contribution in [3.8, 4) is 11.5 Å². The van der Waals surface area contributed by atoms with Gasteiger partial charge in [0.25, 0.3) is 0 Å². The molecule has 0 saturated carbocycles. The molecule has 0 heterocycles. The second-order valence-corrected chi connectivity index (χ2v) is 6.82. The van der Waals surface area contributed by atoms with Gasteiger partial charge in [-0.2, -0.15) is 0 Å². The zero-order valence-electron chi connectivity index (χ0n) is 14.6. The highest BCUT2D eigenvalue weighted by Gasteiger charge is 2.17. The standard InChI is InChI=1S/C21H23ClO2/c1-13(2)23-20-16-7-5-6-8-17(16)21(24-14(3)4)19-11-15(12-22)9-10-18(19)20/h5-11,13-14H,12H2,1-4H3. The van der Waals surface area contributed by atoms with Crippen LogP contribution in [0.5, 0.6) is 11.5 Å². The minimum absolute atomic E-state index is 0.0909. The van der Waals surface area contributed by atoms with Crippen LogP contribution in [0.15, 0.2) is 42.5 Å². The van der Waals surface area contributed by atoms with Gasteiger partial charge in [-0.3, -0.25) is 0 Å². The molecule has 0 radical (unpaired) electrons. The molecule has 3 rings (SSSR count). The van der Waals surface area contributed by atoms with Crippen molar-refractivity contribution in [1.29, 1.82) is 0 Å². The minimum Gasteiger partial charge on any atom is -0.490 e. The van der Waals surface area contributed by atoms with E-state index in [-0.39, 0.29) is 12.2 Å². The van der Waals surface area contributed by atoms with Crippen LogP contribution in [0.1, 0.15) is 33.3 Å². The van der Waals surface area contributed by atoms with Crippen LogP contribution in [0.4, 0.5) is 0 Å². The lowest BCUT2D eigenvalue weighted by atomic mass is 9.99. The fourth-order valence-corrected chi connectivity index (χ4v) is 3.12. The SMILES string of the molecule is CC(C)Oc1c2ccccc2c(OC(C)C)c2cc(CCl)ccc12. The van der Waals surface area contributed by atoms with E-state index < -0.39 is 0 Å². The summed E-state index contributed by atoms with van der Waals surface area (Å²) in [5, 5.41) is 4.26. The molecule has 0 spiro atoms. The predicted molar refractivity (Wildman–Crippen MR) is 103 cm³/mol. The van der Waals surface area contributed by atoms with E-state index in [2.05, 4.69) is 30.3 Å². The van der Waals surface area contributed by atoms with Crippen molar-refractivity contribution in [2.45, 2.75) is 45.8 Å². The zero-order valence-corrected chi connectivity index (χ0v) is 15.4. The molecule has 0 aliphatic heterocycles. The molecule has 126 valence electrons. The van der Waals surface area contributed by atoms with Crippen LogP contribution in [-0.2, 0) is 5.88 Å². The quantitative estimate of drug-likeness (QED) is 0.399. The summed E-state index contributed by atoms with van der Waals surface area (Å²) in [5.74, 6) is 2.29. The fourth-order valence-electron chi connectivity index (χ4n) is 2.96. The Kier molecular flexibility index (Phi) is 4.86. The summed E-state index contributed by atoms with van der Waals surface area (Å²) in [4.78, 5) is 0. The van der Waals surface area contributed by atoms with Gasteiger partial charge in [0.15, 0.2) is 0 Å². The van der Waals surface area contributed by atoms with E-state index in [1.165, 1.54) is 0 Å². The molecular formula is C21H23ClO2. The van der Waals surface area contributed by atoms with Crippen molar-refractivity contribution in [3.05, 3.63) is 48.0 Å². The molecule has 0 unspecified atom stereocenters. The van der Waals surface area contributed by atoms with Crippen LogP contribution in [0.3, 0.4) is 0 Å². The molecule has 0 saturated heterocycles. The Morgan fingerprint density at radius 3 is 1.75 bits per heavy atom. The van der Waals surface area contributed by atoms with Crippen LogP contribution in [-0.4, -0.2) is 12.2 Å². The predicted octanol–water partition coefficient (Wildman–Crippen LogP) is 6.31. The average Bonchev–Trinajstić information content (AvgIpc) is 2.56. The highest BCUT2D eigenvalue weighted by Crippen LogP contribution is 2.43. The Labute approximate surface area is 148 Å². The van der Waals surface area contributed by atoms with E-state index in [1.807, 2.05) is 39.8 Å². The van der Waals surface area contributed by atoms with E-state index in [0.29, 0.717) is 5.88 Å². The first kappa shape index (κ1) is 16.9. The van der Waals surface area contributed by atoms with Crippen molar-refractivity contribution >= 4 is 33.1 Å². The Morgan fingerprint density at radius 1 is 0.750 bits per heavy atom. The zero-order chi connectivity index (χ0) is 17.3. The Balaban J connectivity index is 2.43. The molecule has 0 aliphatic rings. The number of benzene rings is 3. The molecular weight excluding hydrogens is 320 g/mol. The Bertz CT molecular complexity index is 868. The molecule has 0 atom stereocenters. The number of alkyl halides is 1. The van der Waals surface area contributed by atoms with Crippen molar-refractivity contribution in [2.24, 2.45) is 0 Å². The normalized spacial score (nSPS) is 11.6. The number of hydrogen-bond donors (Lipinski definition) is 0. The lowest BCUT2D eigenvalue weighted by Gasteiger charge is -2.21. The first-order chi connectivity index (χ1) is 11.5.